The second kappa shape index (κ2) is 7.07. The van der Waals surface area contributed by atoms with Gasteiger partial charge < -0.3 is 10.6 Å². The number of carbonyl (C=O) groups excluding carboxylic acids is 1. The van der Waals surface area contributed by atoms with E-state index in [4.69, 9.17) is 11.6 Å². The van der Waals surface area contributed by atoms with Crippen LogP contribution in [0.2, 0.25) is 5.02 Å². The molecule has 1 aromatic rings. The number of aryl methyl sites for hydroxylation is 1. The smallest absolute Gasteiger partial charge is 0.238 e. The third-order valence-electron chi connectivity index (χ3n) is 3.70. The Morgan fingerprint density at radius 2 is 2.30 bits per heavy atom. The van der Waals surface area contributed by atoms with Crippen molar-refractivity contribution in [1.29, 1.82) is 0 Å². The molecule has 1 unspecified atom stereocenters. The molecule has 4 nitrogen and oxygen atoms in total. The number of anilines is 1. The van der Waals surface area contributed by atoms with Crippen molar-refractivity contribution in [2.45, 2.75) is 13.3 Å². The fraction of sp³-hybridized carbons (Fsp3) is 0.533. The van der Waals surface area contributed by atoms with Crippen LogP contribution in [0.3, 0.4) is 0 Å². The Morgan fingerprint density at radius 1 is 1.50 bits per heavy atom. The Hall–Kier alpha value is -1.10. The first kappa shape index (κ1) is 15.3. The number of halogens is 1. The monoisotopic (exact) mass is 295 g/mol. The highest BCUT2D eigenvalue weighted by Crippen LogP contribution is 2.20. The van der Waals surface area contributed by atoms with Crippen molar-refractivity contribution >= 4 is 23.2 Å². The molecular formula is C15H22ClN3O. The molecule has 1 aliphatic heterocycles. The Morgan fingerprint density at radius 3 is 3.05 bits per heavy atom. The van der Waals surface area contributed by atoms with Gasteiger partial charge in [-0.3, -0.25) is 9.69 Å². The largest absolute Gasteiger partial charge is 0.325 e. The standard InChI is InChI=1S/C15H22ClN3O/c1-11-3-4-13(16)7-14(11)18-15(20)10-19-6-5-12(9-19)8-17-2/h3-4,7,12,17H,5-6,8-10H2,1-2H3,(H,18,20). The van der Waals surface area contributed by atoms with E-state index in [0.717, 1.165) is 37.3 Å². The van der Waals surface area contributed by atoms with Gasteiger partial charge in [-0.25, -0.2) is 0 Å². The van der Waals surface area contributed by atoms with Crippen molar-refractivity contribution in [3.05, 3.63) is 28.8 Å². The number of rotatable bonds is 5. The summed E-state index contributed by atoms with van der Waals surface area (Å²) in [5.74, 6) is 0.682. The van der Waals surface area contributed by atoms with E-state index in [1.54, 1.807) is 6.07 Å². The highest BCUT2D eigenvalue weighted by molar-refractivity contribution is 6.31. The van der Waals surface area contributed by atoms with E-state index in [1.165, 1.54) is 0 Å². The minimum Gasteiger partial charge on any atom is -0.325 e. The molecule has 1 atom stereocenters. The second-order valence-corrected chi connectivity index (χ2v) is 5.89. The maximum absolute atomic E-state index is 12.1. The summed E-state index contributed by atoms with van der Waals surface area (Å²) in [6, 6.07) is 5.54. The summed E-state index contributed by atoms with van der Waals surface area (Å²) in [5, 5.41) is 6.78. The molecule has 1 saturated heterocycles. The van der Waals surface area contributed by atoms with Crippen LogP contribution in [0.15, 0.2) is 18.2 Å². The van der Waals surface area contributed by atoms with Crippen molar-refractivity contribution < 1.29 is 4.79 Å². The van der Waals surface area contributed by atoms with E-state index in [0.29, 0.717) is 17.5 Å². The van der Waals surface area contributed by atoms with Crippen LogP contribution in [0.4, 0.5) is 5.69 Å². The average molecular weight is 296 g/mol. The van der Waals surface area contributed by atoms with Gasteiger partial charge in [0.15, 0.2) is 0 Å². The van der Waals surface area contributed by atoms with Crippen molar-refractivity contribution in [3.8, 4) is 0 Å². The minimum absolute atomic E-state index is 0.0282. The predicted octanol–water partition coefficient (Wildman–Crippen LogP) is 2.13. The highest BCUT2D eigenvalue weighted by Gasteiger charge is 2.23. The molecule has 1 heterocycles. The van der Waals surface area contributed by atoms with Crippen molar-refractivity contribution in [3.63, 3.8) is 0 Å². The van der Waals surface area contributed by atoms with E-state index >= 15 is 0 Å². The van der Waals surface area contributed by atoms with E-state index in [9.17, 15) is 4.79 Å². The molecular weight excluding hydrogens is 274 g/mol. The van der Waals surface area contributed by atoms with Crippen LogP contribution in [0.5, 0.6) is 0 Å². The number of amides is 1. The molecule has 1 aromatic carbocycles. The molecule has 1 amide bonds. The number of nitrogens with one attached hydrogen (secondary N) is 2. The Kier molecular flexibility index (Phi) is 5.40. The first-order chi connectivity index (χ1) is 9.58. The number of benzene rings is 1. The second-order valence-electron chi connectivity index (χ2n) is 5.45. The molecule has 1 aliphatic rings. The summed E-state index contributed by atoms with van der Waals surface area (Å²) in [7, 11) is 1.97. The molecule has 0 saturated carbocycles. The van der Waals surface area contributed by atoms with Gasteiger partial charge in [-0.1, -0.05) is 17.7 Å². The van der Waals surface area contributed by atoms with E-state index in [1.807, 2.05) is 26.1 Å². The molecule has 0 bridgehead atoms. The molecule has 5 heteroatoms. The molecule has 0 radical (unpaired) electrons. The number of likely N-dealkylation sites (tertiary alicyclic amines) is 1. The molecule has 0 spiro atoms. The van der Waals surface area contributed by atoms with Crippen LogP contribution in [0.25, 0.3) is 0 Å². The Bertz CT molecular complexity index is 478. The van der Waals surface area contributed by atoms with Crippen molar-refractivity contribution in [1.82, 2.24) is 10.2 Å². The van der Waals surface area contributed by atoms with E-state index in [-0.39, 0.29) is 5.91 Å². The summed E-state index contributed by atoms with van der Waals surface area (Å²) < 4.78 is 0. The zero-order valence-electron chi connectivity index (χ0n) is 12.1. The predicted molar refractivity (Wildman–Crippen MR) is 83.3 cm³/mol. The number of carbonyl (C=O) groups is 1. The Labute approximate surface area is 125 Å². The lowest BCUT2D eigenvalue weighted by Gasteiger charge is -2.16. The molecule has 2 rings (SSSR count). The lowest BCUT2D eigenvalue weighted by molar-refractivity contribution is -0.117. The van der Waals surface area contributed by atoms with Gasteiger partial charge in [0.1, 0.15) is 0 Å². The van der Waals surface area contributed by atoms with Crippen LogP contribution in [0, 0.1) is 12.8 Å². The topological polar surface area (TPSA) is 44.4 Å². The lowest BCUT2D eigenvalue weighted by atomic mass is 10.1. The lowest BCUT2D eigenvalue weighted by Crippen LogP contribution is -2.32. The third-order valence-corrected chi connectivity index (χ3v) is 3.94. The molecule has 0 aromatic heterocycles. The van der Waals surface area contributed by atoms with Crippen LogP contribution in [-0.4, -0.2) is 44.0 Å². The highest BCUT2D eigenvalue weighted by atomic mass is 35.5. The maximum Gasteiger partial charge on any atom is 0.238 e. The number of hydrogen-bond acceptors (Lipinski definition) is 3. The molecule has 20 heavy (non-hydrogen) atoms. The fourth-order valence-electron chi connectivity index (χ4n) is 2.63. The summed E-state index contributed by atoms with van der Waals surface area (Å²) in [6.45, 7) is 5.42. The fourth-order valence-corrected chi connectivity index (χ4v) is 2.81. The first-order valence-electron chi connectivity index (χ1n) is 7.01. The zero-order chi connectivity index (χ0) is 14.5. The van der Waals surface area contributed by atoms with Gasteiger partial charge in [0.05, 0.1) is 6.54 Å². The van der Waals surface area contributed by atoms with Gasteiger partial charge in [0, 0.05) is 17.3 Å². The summed E-state index contributed by atoms with van der Waals surface area (Å²) in [4.78, 5) is 14.3. The third kappa shape index (κ3) is 4.20. The molecule has 0 aliphatic carbocycles. The van der Waals surface area contributed by atoms with E-state index in [2.05, 4.69) is 15.5 Å². The summed E-state index contributed by atoms with van der Waals surface area (Å²) in [5.41, 5.74) is 1.82. The SMILES string of the molecule is CNCC1CCN(CC(=O)Nc2cc(Cl)ccc2C)C1. The molecule has 110 valence electrons. The van der Waals surface area contributed by atoms with Gasteiger partial charge in [-0.15, -0.1) is 0 Å². The van der Waals surface area contributed by atoms with Gasteiger partial charge >= 0.3 is 0 Å². The zero-order valence-corrected chi connectivity index (χ0v) is 12.8. The number of hydrogen-bond donors (Lipinski definition) is 2. The van der Waals surface area contributed by atoms with Crippen molar-refractivity contribution in [2.24, 2.45) is 5.92 Å². The van der Waals surface area contributed by atoms with Crippen molar-refractivity contribution in [2.75, 3.05) is 38.5 Å². The normalized spacial score (nSPS) is 19.2. The van der Waals surface area contributed by atoms with Gasteiger partial charge in [0.2, 0.25) is 5.91 Å². The number of nitrogens with zero attached hydrogens (tertiary/aromatic N) is 1. The quantitative estimate of drug-likeness (QED) is 0.875. The minimum atomic E-state index is 0.0282. The van der Waals surface area contributed by atoms with Crippen LogP contribution in [0.1, 0.15) is 12.0 Å². The van der Waals surface area contributed by atoms with Gasteiger partial charge in [-0.2, -0.15) is 0 Å². The first-order valence-corrected chi connectivity index (χ1v) is 7.39. The molecule has 1 fully saturated rings. The Balaban J connectivity index is 1.85. The van der Waals surface area contributed by atoms with Crippen LogP contribution in [-0.2, 0) is 4.79 Å². The van der Waals surface area contributed by atoms with Crippen LogP contribution >= 0.6 is 11.6 Å². The van der Waals surface area contributed by atoms with Gasteiger partial charge in [-0.05, 0) is 57.1 Å². The van der Waals surface area contributed by atoms with Crippen LogP contribution < -0.4 is 10.6 Å². The maximum atomic E-state index is 12.1. The van der Waals surface area contributed by atoms with Gasteiger partial charge in [0.25, 0.3) is 0 Å². The summed E-state index contributed by atoms with van der Waals surface area (Å²) >= 11 is 5.96. The van der Waals surface area contributed by atoms with E-state index < -0.39 is 0 Å². The summed E-state index contributed by atoms with van der Waals surface area (Å²) in [6.07, 6.45) is 1.16. The molecule has 2 N–H and O–H groups in total. The average Bonchev–Trinajstić information content (AvgIpc) is 2.81.